The molecular weight excluding hydrogens is 410 g/mol. The van der Waals surface area contributed by atoms with Crippen molar-refractivity contribution in [2.45, 2.75) is 24.2 Å². The first-order chi connectivity index (χ1) is 13.7. The zero-order valence-corrected chi connectivity index (χ0v) is 17.5. The molecule has 150 valence electrons. The maximum Gasteiger partial charge on any atom is 0.326 e. The lowest BCUT2D eigenvalue weighted by Gasteiger charge is -2.22. The molecule has 0 radical (unpaired) electrons. The van der Waals surface area contributed by atoms with Crippen LogP contribution >= 0.6 is 11.3 Å². The molecule has 0 saturated heterocycles. The molecule has 2 amide bonds. The van der Waals surface area contributed by atoms with E-state index in [0.717, 1.165) is 33.7 Å². The van der Waals surface area contributed by atoms with E-state index in [1.165, 1.54) is 4.90 Å². The van der Waals surface area contributed by atoms with Gasteiger partial charge in [0, 0.05) is 31.9 Å². The fourth-order valence-corrected chi connectivity index (χ4v) is 5.20. The molecule has 0 saturated carbocycles. The van der Waals surface area contributed by atoms with Crippen molar-refractivity contribution in [1.29, 1.82) is 0 Å². The second-order valence-corrected chi connectivity index (χ2v) is 9.54. The molecule has 3 heterocycles. The smallest absolute Gasteiger partial charge is 0.316 e. The van der Waals surface area contributed by atoms with Gasteiger partial charge in [0.15, 0.2) is 9.34 Å². The summed E-state index contributed by atoms with van der Waals surface area (Å²) in [6.45, 7) is 2.50. The second kappa shape index (κ2) is 7.21. The summed E-state index contributed by atoms with van der Waals surface area (Å²) in [4.78, 5) is 24.6. The van der Waals surface area contributed by atoms with E-state index >= 15 is 0 Å². The van der Waals surface area contributed by atoms with Crippen LogP contribution in [0.1, 0.15) is 16.8 Å². The number of thiazole rings is 1. The van der Waals surface area contributed by atoms with Gasteiger partial charge in [-0.1, -0.05) is 29.5 Å². The highest BCUT2D eigenvalue weighted by Gasteiger charge is 2.29. The van der Waals surface area contributed by atoms with Gasteiger partial charge in [-0.15, -0.1) is 0 Å². The number of nitrogens with zero attached hydrogens (tertiary/aromatic N) is 4. The third kappa shape index (κ3) is 3.74. The number of nitrogens with two attached hydrogens (primary N) is 1. The van der Waals surface area contributed by atoms with E-state index in [2.05, 4.69) is 16.0 Å². The van der Waals surface area contributed by atoms with E-state index in [0.29, 0.717) is 18.2 Å². The third-order valence-electron chi connectivity index (χ3n) is 4.73. The van der Waals surface area contributed by atoms with E-state index in [1.54, 1.807) is 25.1 Å². The van der Waals surface area contributed by atoms with Crippen LogP contribution < -0.4 is 10.0 Å². The minimum atomic E-state index is -3.87. The molecule has 0 bridgehead atoms. The molecule has 0 spiro atoms. The maximum atomic E-state index is 13.0. The number of pyridine rings is 1. The van der Waals surface area contributed by atoms with Crippen molar-refractivity contribution < 1.29 is 13.2 Å². The summed E-state index contributed by atoms with van der Waals surface area (Å²) in [6, 6.07) is 11.6. The number of carbonyl (C=O) groups excluding carboxylic acids is 1. The van der Waals surface area contributed by atoms with Crippen molar-refractivity contribution in [2.75, 3.05) is 11.9 Å². The highest BCUT2D eigenvalue weighted by atomic mass is 32.2. The van der Waals surface area contributed by atoms with Crippen LogP contribution in [0.3, 0.4) is 0 Å². The summed E-state index contributed by atoms with van der Waals surface area (Å²) in [5.41, 5.74) is 4.31. The molecule has 0 atom stereocenters. The molecule has 2 N–H and O–H groups in total. The second-order valence-electron chi connectivity index (χ2n) is 6.81. The van der Waals surface area contributed by atoms with Gasteiger partial charge in [0.25, 0.3) is 0 Å². The van der Waals surface area contributed by atoms with Crippen LogP contribution in [-0.4, -0.2) is 36.4 Å². The van der Waals surface area contributed by atoms with Crippen LogP contribution in [0.15, 0.2) is 46.8 Å². The maximum absolute atomic E-state index is 13.0. The first-order valence-electron chi connectivity index (χ1n) is 8.80. The average Bonchev–Trinajstić information content (AvgIpc) is 3.30. The third-order valence-corrected chi connectivity index (χ3v) is 7.52. The Balaban J connectivity index is 1.54. The highest BCUT2D eigenvalue weighted by molar-refractivity contribution is 7.91. The summed E-state index contributed by atoms with van der Waals surface area (Å²) in [5.74, 6) is 0. The Morgan fingerprint density at radius 1 is 1.21 bits per heavy atom. The molecule has 29 heavy (non-hydrogen) atoms. The number of benzene rings is 1. The summed E-state index contributed by atoms with van der Waals surface area (Å²) < 4.78 is 23.3. The van der Waals surface area contributed by atoms with E-state index in [9.17, 15) is 13.2 Å². The number of sulfonamides is 1. The quantitative estimate of drug-likeness (QED) is 0.688. The van der Waals surface area contributed by atoms with E-state index in [4.69, 9.17) is 5.14 Å². The number of primary sulfonamides is 1. The monoisotopic (exact) mass is 429 g/mol. The largest absolute Gasteiger partial charge is 0.326 e. The van der Waals surface area contributed by atoms with Crippen molar-refractivity contribution >= 4 is 32.5 Å². The predicted molar refractivity (Wildman–Crippen MR) is 111 cm³/mol. The molecule has 2 aromatic heterocycles. The lowest BCUT2D eigenvalue weighted by atomic mass is 10.0. The molecular formula is C19H19N5O3S2. The van der Waals surface area contributed by atoms with Crippen LogP contribution in [0.5, 0.6) is 0 Å². The van der Waals surface area contributed by atoms with E-state index in [-0.39, 0.29) is 15.9 Å². The Bertz CT molecular complexity index is 1190. The fourth-order valence-electron chi connectivity index (χ4n) is 3.29. The van der Waals surface area contributed by atoms with Crippen molar-refractivity contribution in [2.24, 2.45) is 5.14 Å². The van der Waals surface area contributed by atoms with Crippen molar-refractivity contribution in [3.8, 4) is 11.3 Å². The van der Waals surface area contributed by atoms with Crippen molar-refractivity contribution in [3.05, 3.63) is 59.4 Å². The zero-order valence-electron chi connectivity index (χ0n) is 15.9. The Hall–Kier alpha value is -2.82. The number of aryl methyl sites for hydroxylation is 1. The predicted octanol–water partition coefficient (Wildman–Crippen LogP) is 2.73. The van der Waals surface area contributed by atoms with Crippen LogP contribution in [0, 0.1) is 6.92 Å². The first-order valence-corrected chi connectivity index (χ1v) is 11.2. The molecule has 10 heteroatoms. The minimum absolute atomic E-state index is 0.0307. The molecule has 0 aliphatic carbocycles. The number of carbonyl (C=O) groups is 1. The van der Waals surface area contributed by atoms with Gasteiger partial charge >= 0.3 is 6.03 Å². The number of hydrogen-bond donors (Lipinski definition) is 1. The van der Waals surface area contributed by atoms with Crippen molar-refractivity contribution in [3.63, 3.8) is 0 Å². The molecule has 1 aliphatic heterocycles. The van der Waals surface area contributed by atoms with Crippen LogP contribution in [0.25, 0.3) is 11.3 Å². The fraction of sp³-hybridized carbons (Fsp3) is 0.211. The normalized spacial score (nSPS) is 13.4. The van der Waals surface area contributed by atoms with Gasteiger partial charge < -0.3 is 4.90 Å². The molecule has 4 rings (SSSR count). The number of amides is 2. The molecule has 8 nitrogen and oxygen atoms in total. The van der Waals surface area contributed by atoms with Gasteiger partial charge in [0.2, 0.25) is 10.0 Å². The van der Waals surface area contributed by atoms with Gasteiger partial charge in [-0.3, -0.25) is 9.88 Å². The standard InChI is InChI=1S/C19H19N5O3S2/c1-12-17(29(20,26)27)28-18(22-12)23(2)19(25)24-10-14-7-6-13(9-15(14)11-24)16-5-3-4-8-21-16/h3-9H,10-11H2,1-2H3,(H2,20,26,27). The molecule has 0 fully saturated rings. The minimum Gasteiger partial charge on any atom is -0.316 e. The average molecular weight is 430 g/mol. The van der Waals surface area contributed by atoms with Gasteiger partial charge in [0.1, 0.15) is 0 Å². The molecule has 1 aromatic carbocycles. The number of hydrogen-bond acceptors (Lipinski definition) is 6. The summed E-state index contributed by atoms with van der Waals surface area (Å²) >= 11 is 0.891. The van der Waals surface area contributed by atoms with Gasteiger partial charge in [0.05, 0.1) is 11.4 Å². The van der Waals surface area contributed by atoms with E-state index < -0.39 is 10.0 Å². The molecule has 3 aromatic rings. The van der Waals surface area contributed by atoms with Crippen LogP contribution in [-0.2, 0) is 23.1 Å². The van der Waals surface area contributed by atoms with Gasteiger partial charge in [-0.25, -0.2) is 23.3 Å². The Labute approximate surface area is 172 Å². The Morgan fingerprint density at radius 3 is 2.62 bits per heavy atom. The SMILES string of the molecule is Cc1nc(N(C)C(=O)N2Cc3ccc(-c4ccccn4)cc3C2)sc1S(N)(=O)=O. The topological polar surface area (TPSA) is 109 Å². The number of anilines is 1. The Kier molecular flexibility index (Phi) is 4.85. The number of aromatic nitrogens is 2. The summed E-state index contributed by atoms with van der Waals surface area (Å²) in [6.07, 6.45) is 1.75. The molecule has 1 aliphatic rings. The van der Waals surface area contributed by atoms with E-state index in [1.807, 2.05) is 30.3 Å². The highest BCUT2D eigenvalue weighted by Crippen LogP contribution is 2.32. The van der Waals surface area contributed by atoms with Crippen LogP contribution in [0.2, 0.25) is 0 Å². The Morgan fingerprint density at radius 2 is 1.97 bits per heavy atom. The summed E-state index contributed by atoms with van der Waals surface area (Å²) in [7, 11) is -2.29. The number of fused-ring (bicyclic) bond motifs is 1. The molecule has 0 unspecified atom stereocenters. The number of rotatable bonds is 3. The van der Waals surface area contributed by atoms with Gasteiger partial charge in [-0.05, 0) is 36.2 Å². The first kappa shape index (κ1) is 19.5. The number of urea groups is 1. The lowest BCUT2D eigenvalue weighted by molar-refractivity contribution is 0.206. The van der Waals surface area contributed by atoms with Crippen LogP contribution in [0.4, 0.5) is 9.93 Å². The lowest BCUT2D eigenvalue weighted by Crippen LogP contribution is -2.38. The summed E-state index contributed by atoms with van der Waals surface area (Å²) in [5, 5.41) is 5.51. The zero-order chi connectivity index (χ0) is 20.8. The van der Waals surface area contributed by atoms with Gasteiger partial charge in [-0.2, -0.15) is 0 Å². The van der Waals surface area contributed by atoms with Crippen molar-refractivity contribution in [1.82, 2.24) is 14.9 Å².